The largest absolute Gasteiger partial charge is 0.868 e. The molecule has 2 aliphatic rings. The first-order chi connectivity index (χ1) is 21.0. The summed E-state index contributed by atoms with van der Waals surface area (Å²) in [5, 5.41) is 34.2. The Labute approximate surface area is 244 Å². The Hall–Kier alpha value is -5.62. The molecule has 6 rings (SSSR count). The van der Waals surface area contributed by atoms with E-state index in [2.05, 4.69) is 9.22 Å². The van der Waals surface area contributed by atoms with Gasteiger partial charge >= 0.3 is 11.7 Å². The molecule has 0 bridgehead atoms. The van der Waals surface area contributed by atoms with Crippen molar-refractivity contribution in [1.82, 2.24) is 0 Å². The molecule has 1 spiro atoms. The highest BCUT2D eigenvalue weighted by Crippen LogP contribution is 2.59. The maximum atomic E-state index is 15.8. The highest BCUT2D eigenvalue weighted by atomic mass is 32.2. The molecule has 224 valence electrons. The smallest absolute Gasteiger partial charge is 0.340 e. The molecule has 44 heavy (non-hydrogen) atoms. The van der Waals surface area contributed by atoms with Crippen molar-refractivity contribution in [2.45, 2.75) is 5.60 Å². The number of rotatable bonds is 7. The lowest BCUT2D eigenvalue weighted by atomic mass is 9.77. The predicted molar refractivity (Wildman–Crippen MR) is 134 cm³/mol. The lowest BCUT2D eigenvalue weighted by Gasteiger charge is -2.37. The number of ether oxygens (including phenoxy) is 2. The minimum Gasteiger partial charge on any atom is -0.868 e. The fourth-order valence-corrected chi connectivity index (χ4v) is 5.11. The minimum absolute atomic E-state index is 0.0588. The van der Waals surface area contributed by atoms with Gasteiger partial charge in [-0.25, -0.2) is 18.0 Å². The number of fused-ring (bicyclic) bond motifs is 6. The van der Waals surface area contributed by atoms with Crippen LogP contribution in [0.15, 0.2) is 54.6 Å². The molecular formula is C26H9F4N2O11S-. The monoisotopic (exact) mass is 633 g/mol. The van der Waals surface area contributed by atoms with Crippen LogP contribution in [0.3, 0.4) is 0 Å². The van der Waals surface area contributed by atoms with E-state index in [0.29, 0.717) is 18.2 Å². The number of esters is 1. The second-order valence-electron chi connectivity index (χ2n) is 8.94. The van der Waals surface area contributed by atoms with Gasteiger partial charge in [-0.15, -0.1) is 0 Å². The maximum absolute atomic E-state index is 15.8. The molecule has 2 aliphatic heterocycles. The molecule has 0 aliphatic carbocycles. The summed E-state index contributed by atoms with van der Waals surface area (Å²) < 4.78 is 81.0. The van der Waals surface area contributed by atoms with E-state index in [1.165, 1.54) is 24.3 Å². The highest BCUT2D eigenvalue weighted by molar-refractivity contribution is 7.90. The van der Waals surface area contributed by atoms with E-state index in [1.54, 1.807) is 0 Å². The van der Waals surface area contributed by atoms with Crippen molar-refractivity contribution in [3.63, 3.8) is 0 Å². The van der Waals surface area contributed by atoms with Crippen LogP contribution in [0, 0.1) is 43.5 Å². The highest BCUT2D eigenvalue weighted by Gasteiger charge is 2.55. The Morgan fingerprint density at radius 3 is 2.23 bits per heavy atom. The zero-order chi connectivity index (χ0) is 31.5. The van der Waals surface area contributed by atoms with Gasteiger partial charge in [0.2, 0.25) is 17.3 Å². The Balaban J connectivity index is 1.37. The van der Waals surface area contributed by atoms with Gasteiger partial charge in [-0.3, -0.25) is 20.2 Å². The number of nitro groups is 2. The van der Waals surface area contributed by atoms with Crippen molar-refractivity contribution >= 4 is 29.7 Å². The lowest BCUT2D eigenvalue weighted by Crippen LogP contribution is -2.34. The van der Waals surface area contributed by atoms with Crippen LogP contribution in [-0.4, -0.2) is 15.8 Å². The van der Waals surface area contributed by atoms with Gasteiger partial charge in [0.05, 0.1) is 32.6 Å². The summed E-state index contributed by atoms with van der Waals surface area (Å²) in [6.45, 7) is 0. The molecule has 13 nitrogen and oxygen atoms in total. The molecule has 18 heteroatoms. The van der Waals surface area contributed by atoms with E-state index in [4.69, 9.17) is 13.7 Å². The van der Waals surface area contributed by atoms with Crippen molar-refractivity contribution in [3.8, 4) is 28.7 Å². The van der Waals surface area contributed by atoms with E-state index in [1.807, 2.05) is 0 Å². The number of non-ortho nitro benzene ring substituents is 1. The zero-order valence-electron chi connectivity index (χ0n) is 21.0. The second-order valence-corrected chi connectivity index (χ2v) is 9.38. The third kappa shape index (κ3) is 4.18. The normalized spacial score (nSPS) is 16.0. The zero-order valence-corrected chi connectivity index (χ0v) is 21.8. The number of hydrogen-bond donors (Lipinski definition) is 0. The average molecular weight is 633 g/mol. The molecule has 0 fully saturated rings. The van der Waals surface area contributed by atoms with Gasteiger partial charge in [0.15, 0.2) is 28.7 Å². The summed E-state index contributed by atoms with van der Waals surface area (Å²) in [4.78, 5) is 37.7. The Morgan fingerprint density at radius 2 is 1.52 bits per heavy atom. The van der Waals surface area contributed by atoms with Crippen LogP contribution in [0.25, 0.3) is 0 Å². The van der Waals surface area contributed by atoms with Gasteiger partial charge in [0.1, 0.15) is 5.82 Å². The van der Waals surface area contributed by atoms with Gasteiger partial charge in [-0.1, -0.05) is 22.5 Å². The van der Waals surface area contributed by atoms with E-state index in [0.717, 1.165) is 12.1 Å². The molecule has 0 radical (unpaired) electrons. The summed E-state index contributed by atoms with van der Waals surface area (Å²) in [5.41, 5.74) is -5.13. The van der Waals surface area contributed by atoms with Crippen LogP contribution in [0.2, 0.25) is 0 Å². The molecule has 0 saturated heterocycles. The SMILES string of the molecule is O=C1OC2(c3ccccc31)c1cc(F)c([O-])c(F)c1Oc1c2cc(F)c(OSOOc2ccc([N+](=O)[O-])cc2[N+](=O)[O-])c1F. The standard InChI is InChI=1S/C26H10F4N2O11S/c27-15-8-13-22(19(29)21(15)33)39-23-14(26(13)12-4-2-1-3-11(12)25(34)40-26)9-16(28)24(20(23)30)42-44-43-41-18-6-5-10(31(35)36)7-17(18)32(37)38/h1-9,33H/p-1. The van der Waals surface area contributed by atoms with E-state index in [9.17, 15) is 34.5 Å². The van der Waals surface area contributed by atoms with Gasteiger partial charge in [-0.05, 0) is 30.0 Å². The molecule has 4 aromatic carbocycles. The van der Waals surface area contributed by atoms with Crippen molar-refractivity contribution in [2.75, 3.05) is 0 Å². The molecule has 1 unspecified atom stereocenters. The van der Waals surface area contributed by atoms with Gasteiger partial charge in [0.25, 0.3) is 18.0 Å². The number of nitro benzene ring substituents is 2. The number of halogens is 4. The van der Waals surface area contributed by atoms with Crippen molar-refractivity contribution in [2.24, 2.45) is 0 Å². The first kappa shape index (κ1) is 28.5. The van der Waals surface area contributed by atoms with Crippen molar-refractivity contribution in [1.29, 1.82) is 0 Å². The van der Waals surface area contributed by atoms with E-state index >= 15 is 13.2 Å². The van der Waals surface area contributed by atoms with Gasteiger partial charge in [0, 0.05) is 11.6 Å². The number of benzene rings is 4. The first-order valence-electron chi connectivity index (χ1n) is 11.8. The molecule has 0 N–H and O–H groups in total. The van der Waals surface area contributed by atoms with Crippen LogP contribution >= 0.6 is 12.3 Å². The lowest BCUT2D eigenvalue weighted by molar-refractivity contribution is -0.395. The molecule has 2 heterocycles. The van der Waals surface area contributed by atoms with Crippen LogP contribution < -0.4 is 18.9 Å². The fraction of sp³-hybridized carbons (Fsp3) is 0.0385. The number of carbonyl (C=O) groups excluding carboxylic acids is 1. The summed E-state index contributed by atoms with van der Waals surface area (Å²) in [6, 6.07) is 8.91. The van der Waals surface area contributed by atoms with Gasteiger partial charge < -0.3 is 23.7 Å². The summed E-state index contributed by atoms with van der Waals surface area (Å²) >= 11 is -0.256. The number of carbonyl (C=O) groups is 1. The van der Waals surface area contributed by atoms with Gasteiger partial charge in [-0.2, -0.15) is 4.39 Å². The second kappa shape index (κ2) is 10.3. The van der Waals surface area contributed by atoms with E-state index in [-0.39, 0.29) is 23.5 Å². The van der Waals surface area contributed by atoms with E-state index < -0.39 is 95.9 Å². The van der Waals surface area contributed by atoms with Crippen molar-refractivity contribution < 1.29 is 60.2 Å². The van der Waals surface area contributed by atoms with Crippen molar-refractivity contribution in [3.05, 3.63) is 120 Å². The average Bonchev–Trinajstić information content (AvgIpc) is 3.29. The Kier molecular flexibility index (Phi) is 6.66. The summed E-state index contributed by atoms with van der Waals surface area (Å²) in [7, 11) is 0. The third-order valence-corrected chi connectivity index (χ3v) is 6.97. The molecule has 4 aromatic rings. The topological polar surface area (TPSA) is 173 Å². The Bertz CT molecular complexity index is 1940. The molecular weight excluding hydrogens is 624 g/mol. The minimum atomic E-state index is -2.35. The quantitative estimate of drug-likeness (QED) is 0.0466. The molecule has 0 amide bonds. The maximum Gasteiger partial charge on any atom is 0.340 e. The summed E-state index contributed by atoms with van der Waals surface area (Å²) in [5.74, 6) is -13.1. The Morgan fingerprint density at radius 1 is 0.841 bits per heavy atom. The van der Waals surface area contributed by atoms with Crippen LogP contribution in [-0.2, 0) is 14.7 Å². The number of nitrogens with zero attached hydrogens (tertiary/aromatic N) is 2. The summed E-state index contributed by atoms with van der Waals surface area (Å²) in [6.07, 6.45) is 0. The number of hydrogen-bond acceptors (Lipinski definition) is 12. The molecule has 1 atom stereocenters. The van der Waals surface area contributed by atoms with Crippen LogP contribution in [0.1, 0.15) is 27.0 Å². The fourth-order valence-electron chi connectivity index (χ4n) is 4.76. The molecule has 0 aromatic heterocycles. The van der Waals surface area contributed by atoms with Crippen LogP contribution in [0.5, 0.6) is 28.7 Å². The predicted octanol–water partition coefficient (Wildman–Crippen LogP) is 5.65. The molecule has 0 saturated carbocycles. The third-order valence-electron chi connectivity index (χ3n) is 6.62. The van der Waals surface area contributed by atoms with Crippen LogP contribution in [0.4, 0.5) is 28.9 Å². The first-order valence-corrected chi connectivity index (χ1v) is 12.5.